The molecule has 5 nitrogen and oxygen atoms in total. The van der Waals surface area contributed by atoms with Gasteiger partial charge in [0.05, 0.1) is 0 Å². The second kappa shape index (κ2) is 13.0. The van der Waals surface area contributed by atoms with E-state index in [0.29, 0.717) is 19.3 Å². The van der Waals surface area contributed by atoms with Crippen LogP contribution in [0.25, 0.3) is 0 Å². The van der Waals surface area contributed by atoms with Crippen LogP contribution in [0.3, 0.4) is 0 Å². The molecule has 0 aromatic rings. The molecule has 0 aromatic carbocycles. The highest BCUT2D eigenvalue weighted by molar-refractivity contribution is 7.71. The van der Waals surface area contributed by atoms with E-state index in [1.54, 1.807) is 0 Å². The highest BCUT2D eigenvalue weighted by Crippen LogP contribution is 2.49. The van der Waals surface area contributed by atoms with Crippen LogP contribution in [0.2, 0.25) is 0 Å². The summed E-state index contributed by atoms with van der Waals surface area (Å²) < 4.78 is 27.2. The van der Waals surface area contributed by atoms with Crippen LogP contribution in [0.1, 0.15) is 40.0 Å². The molecule has 120 valence electrons. The van der Waals surface area contributed by atoms with Gasteiger partial charge < -0.3 is 4.74 Å². The van der Waals surface area contributed by atoms with E-state index in [1.165, 1.54) is 0 Å². The van der Waals surface area contributed by atoms with Crippen molar-refractivity contribution in [2.24, 2.45) is 0 Å². The Morgan fingerprint density at radius 3 is 1.59 bits per heavy atom. The monoisotopic (exact) mass is 324 g/mol. The standard InChI is InChI=1S/C16H21O5P/c1-4-7-10-13-19-16(17)22(18,20-14-11-8-5-2)21-15-12-9-6-3/h4-6,13-15H2,1-3H3. The fourth-order valence-electron chi connectivity index (χ4n) is 1.08. The minimum Gasteiger partial charge on any atom is -0.443 e. The maximum absolute atomic E-state index is 12.4. The van der Waals surface area contributed by atoms with Gasteiger partial charge in [-0.25, -0.2) is 9.36 Å². The molecule has 0 aliphatic heterocycles. The van der Waals surface area contributed by atoms with E-state index in [0.717, 1.165) is 0 Å². The van der Waals surface area contributed by atoms with Crippen molar-refractivity contribution < 1.29 is 23.1 Å². The molecule has 0 radical (unpaired) electrons. The van der Waals surface area contributed by atoms with Crippen LogP contribution in [0, 0.1) is 35.5 Å². The van der Waals surface area contributed by atoms with Crippen molar-refractivity contribution in [3.8, 4) is 35.5 Å². The predicted octanol–water partition coefficient (Wildman–Crippen LogP) is 3.59. The van der Waals surface area contributed by atoms with Gasteiger partial charge in [0.15, 0.2) is 6.61 Å². The topological polar surface area (TPSA) is 61.8 Å². The van der Waals surface area contributed by atoms with Crippen LogP contribution in [-0.4, -0.2) is 25.5 Å². The van der Waals surface area contributed by atoms with Gasteiger partial charge in [0, 0.05) is 19.3 Å². The van der Waals surface area contributed by atoms with E-state index in [4.69, 9.17) is 13.8 Å². The Morgan fingerprint density at radius 1 is 0.773 bits per heavy atom. The molecule has 0 rings (SSSR count). The summed E-state index contributed by atoms with van der Waals surface area (Å²) in [4.78, 5) is 11.9. The number of rotatable bonds is 6. The Kier molecular flexibility index (Phi) is 12.0. The Morgan fingerprint density at radius 2 is 1.18 bits per heavy atom. The molecule has 0 aliphatic carbocycles. The van der Waals surface area contributed by atoms with Crippen LogP contribution in [0.15, 0.2) is 0 Å². The van der Waals surface area contributed by atoms with E-state index < -0.39 is 13.3 Å². The lowest BCUT2D eigenvalue weighted by Crippen LogP contribution is -2.10. The molecule has 0 aromatic heterocycles. The second-order valence-electron chi connectivity index (χ2n) is 3.72. The van der Waals surface area contributed by atoms with Crippen molar-refractivity contribution in [3.63, 3.8) is 0 Å². The third-order valence-electron chi connectivity index (χ3n) is 2.01. The first kappa shape index (κ1) is 20.3. The quantitative estimate of drug-likeness (QED) is 0.552. The maximum atomic E-state index is 12.4. The molecule has 0 bridgehead atoms. The van der Waals surface area contributed by atoms with Crippen molar-refractivity contribution in [1.29, 1.82) is 0 Å². The van der Waals surface area contributed by atoms with Gasteiger partial charge in [-0.1, -0.05) is 38.5 Å². The molecule has 0 unspecified atom stereocenters. The van der Waals surface area contributed by atoms with Gasteiger partial charge in [0.2, 0.25) is 0 Å². The summed E-state index contributed by atoms with van der Waals surface area (Å²) in [6.45, 7) is 5.08. The van der Waals surface area contributed by atoms with Crippen molar-refractivity contribution >= 4 is 13.3 Å². The smallest absolute Gasteiger partial charge is 0.440 e. The van der Waals surface area contributed by atoms with Gasteiger partial charge in [0.1, 0.15) is 13.2 Å². The van der Waals surface area contributed by atoms with E-state index in [9.17, 15) is 9.36 Å². The van der Waals surface area contributed by atoms with E-state index >= 15 is 0 Å². The lowest BCUT2D eigenvalue weighted by atomic mass is 10.5. The zero-order chi connectivity index (χ0) is 16.7. The number of carbonyl (C=O) groups excluding carboxylic acids is 1. The Labute approximate surface area is 132 Å². The molecular weight excluding hydrogens is 303 g/mol. The maximum Gasteiger partial charge on any atom is 0.440 e. The molecule has 0 spiro atoms. The number of hydrogen-bond donors (Lipinski definition) is 0. The lowest BCUT2D eigenvalue weighted by molar-refractivity contribution is 0.164. The first-order chi connectivity index (χ1) is 10.6. The molecular formula is C16H21O5P. The third kappa shape index (κ3) is 9.28. The van der Waals surface area contributed by atoms with Gasteiger partial charge >= 0.3 is 13.3 Å². The minimum atomic E-state index is -4.07. The van der Waals surface area contributed by atoms with Crippen molar-refractivity contribution in [1.82, 2.24) is 0 Å². The van der Waals surface area contributed by atoms with Crippen LogP contribution in [0.5, 0.6) is 0 Å². The average Bonchev–Trinajstić information content (AvgIpc) is 2.52. The summed E-state index contributed by atoms with van der Waals surface area (Å²) in [5, 5.41) is 0. The molecule has 0 amide bonds. The van der Waals surface area contributed by atoms with Crippen LogP contribution in [0.4, 0.5) is 4.79 Å². The van der Waals surface area contributed by atoms with E-state index in [1.807, 2.05) is 20.8 Å². The van der Waals surface area contributed by atoms with Gasteiger partial charge in [-0.05, 0) is 0 Å². The Balaban J connectivity index is 4.73. The van der Waals surface area contributed by atoms with E-state index in [2.05, 4.69) is 35.5 Å². The van der Waals surface area contributed by atoms with Gasteiger partial charge in [0.25, 0.3) is 0 Å². The zero-order valence-electron chi connectivity index (χ0n) is 13.2. The Bertz CT molecular complexity index is 533. The summed E-state index contributed by atoms with van der Waals surface area (Å²) in [7, 11) is -4.07. The Hall–Kier alpha value is -1.70. The molecule has 0 aliphatic rings. The highest BCUT2D eigenvalue weighted by atomic mass is 31.2. The highest BCUT2D eigenvalue weighted by Gasteiger charge is 2.36. The summed E-state index contributed by atoms with van der Waals surface area (Å²) in [5.74, 6) is 16.1. The second-order valence-corrected chi connectivity index (χ2v) is 5.60. The molecule has 0 saturated carbocycles. The first-order valence-electron chi connectivity index (χ1n) is 7.04. The largest absolute Gasteiger partial charge is 0.443 e. The SMILES string of the molecule is CCC#CCOC(=O)P(=O)(OCC#CCC)OCC#CCC. The predicted molar refractivity (Wildman–Crippen MR) is 85.1 cm³/mol. The van der Waals surface area contributed by atoms with Crippen LogP contribution >= 0.6 is 7.60 Å². The molecule has 0 heterocycles. The minimum absolute atomic E-state index is 0.162. The van der Waals surface area contributed by atoms with Gasteiger partial charge in [-0.3, -0.25) is 9.05 Å². The average molecular weight is 324 g/mol. The molecule has 0 saturated heterocycles. The molecule has 6 heteroatoms. The summed E-state index contributed by atoms with van der Waals surface area (Å²) >= 11 is 0. The third-order valence-corrected chi connectivity index (χ3v) is 3.52. The zero-order valence-corrected chi connectivity index (χ0v) is 14.1. The normalized spacial score (nSPS) is 9.41. The van der Waals surface area contributed by atoms with Gasteiger partial charge in [-0.15, -0.1) is 17.8 Å². The summed E-state index contributed by atoms with van der Waals surface area (Å²) in [6.07, 6.45) is 1.91. The van der Waals surface area contributed by atoms with Crippen LogP contribution in [-0.2, 0) is 18.3 Å². The van der Waals surface area contributed by atoms with Gasteiger partial charge in [-0.2, -0.15) is 0 Å². The fourth-order valence-corrected chi connectivity index (χ4v) is 2.06. The molecule has 22 heavy (non-hydrogen) atoms. The number of ether oxygens (including phenoxy) is 1. The van der Waals surface area contributed by atoms with Crippen molar-refractivity contribution in [2.75, 3.05) is 19.8 Å². The van der Waals surface area contributed by atoms with E-state index in [-0.39, 0.29) is 19.8 Å². The first-order valence-corrected chi connectivity index (χ1v) is 8.58. The van der Waals surface area contributed by atoms with Crippen molar-refractivity contribution in [3.05, 3.63) is 0 Å². The molecule has 0 fully saturated rings. The molecule has 0 N–H and O–H groups in total. The summed E-state index contributed by atoms with van der Waals surface area (Å²) in [6, 6.07) is 0. The number of carbonyl (C=O) groups is 1. The fraction of sp³-hybridized carbons (Fsp3) is 0.562. The lowest BCUT2D eigenvalue weighted by Gasteiger charge is -2.13. The molecule has 0 atom stereocenters. The number of hydrogen-bond acceptors (Lipinski definition) is 5. The van der Waals surface area contributed by atoms with Crippen molar-refractivity contribution in [2.45, 2.75) is 40.0 Å². The summed E-state index contributed by atoms with van der Waals surface area (Å²) in [5.41, 5.74) is -1.07. The van der Waals surface area contributed by atoms with Crippen LogP contribution < -0.4 is 0 Å².